The Morgan fingerprint density at radius 3 is 2.79 bits per heavy atom. The summed E-state index contributed by atoms with van der Waals surface area (Å²) in [6.07, 6.45) is 3.40. The Labute approximate surface area is 144 Å². The van der Waals surface area contributed by atoms with Crippen molar-refractivity contribution in [3.8, 4) is 11.5 Å². The van der Waals surface area contributed by atoms with Crippen LogP contribution < -0.4 is 14.9 Å². The summed E-state index contributed by atoms with van der Waals surface area (Å²) in [5.74, 6) is 1.29. The summed E-state index contributed by atoms with van der Waals surface area (Å²) in [5.41, 5.74) is 5.49. The SMILES string of the molecule is COc1cccc(C=NNc2ccnc3cc(Cl)ccc23)c1OC. The first-order chi connectivity index (χ1) is 11.7. The fraction of sp³-hybridized carbons (Fsp3) is 0.111. The number of anilines is 1. The highest BCUT2D eigenvalue weighted by Gasteiger charge is 2.07. The van der Waals surface area contributed by atoms with Crippen LogP contribution in [0.25, 0.3) is 10.9 Å². The number of pyridine rings is 1. The number of benzene rings is 2. The van der Waals surface area contributed by atoms with E-state index >= 15 is 0 Å². The van der Waals surface area contributed by atoms with Crippen LogP contribution in [0.3, 0.4) is 0 Å². The van der Waals surface area contributed by atoms with Gasteiger partial charge in [0.1, 0.15) is 0 Å². The Bertz CT molecular complexity index is 897. The van der Waals surface area contributed by atoms with E-state index in [0.29, 0.717) is 16.5 Å². The molecule has 5 nitrogen and oxygen atoms in total. The van der Waals surface area contributed by atoms with Crippen LogP contribution in [0.5, 0.6) is 11.5 Å². The van der Waals surface area contributed by atoms with E-state index in [2.05, 4.69) is 15.5 Å². The maximum absolute atomic E-state index is 6.00. The summed E-state index contributed by atoms with van der Waals surface area (Å²) in [5, 5.41) is 5.89. The number of para-hydroxylation sites is 1. The molecule has 0 unspecified atom stereocenters. The molecule has 0 bridgehead atoms. The summed E-state index contributed by atoms with van der Waals surface area (Å²) in [6.45, 7) is 0. The Morgan fingerprint density at radius 2 is 2.00 bits per heavy atom. The number of hydrogen-bond donors (Lipinski definition) is 1. The lowest BCUT2D eigenvalue weighted by atomic mass is 10.2. The number of nitrogens with zero attached hydrogens (tertiary/aromatic N) is 2. The average Bonchev–Trinajstić information content (AvgIpc) is 2.61. The van der Waals surface area contributed by atoms with Crippen LogP contribution in [0.2, 0.25) is 5.02 Å². The van der Waals surface area contributed by atoms with Gasteiger partial charge < -0.3 is 9.47 Å². The van der Waals surface area contributed by atoms with Gasteiger partial charge in [0.15, 0.2) is 11.5 Å². The maximum atomic E-state index is 6.00. The molecular weight excluding hydrogens is 326 g/mol. The molecule has 0 radical (unpaired) electrons. The molecule has 0 atom stereocenters. The first-order valence-corrected chi connectivity index (χ1v) is 7.65. The van der Waals surface area contributed by atoms with E-state index < -0.39 is 0 Å². The number of hydrogen-bond acceptors (Lipinski definition) is 5. The highest BCUT2D eigenvalue weighted by Crippen LogP contribution is 2.29. The number of hydrazone groups is 1. The zero-order chi connectivity index (χ0) is 16.9. The minimum Gasteiger partial charge on any atom is -0.493 e. The molecule has 0 saturated carbocycles. The van der Waals surface area contributed by atoms with Crippen LogP contribution in [0.15, 0.2) is 53.8 Å². The molecule has 3 rings (SSSR count). The number of ether oxygens (including phenoxy) is 2. The third-order valence-corrected chi connectivity index (χ3v) is 3.76. The maximum Gasteiger partial charge on any atom is 0.169 e. The molecule has 122 valence electrons. The molecular formula is C18H16ClN3O2. The van der Waals surface area contributed by atoms with Crippen molar-refractivity contribution in [1.82, 2.24) is 4.98 Å². The minimum atomic E-state index is 0.636. The summed E-state index contributed by atoms with van der Waals surface area (Å²) in [4.78, 5) is 4.31. The van der Waals surface area contributed by atoms with Gasteiger partial charge in [-0.15, -0.1) is 0 Å². The van der Waals surface area contributed by atoms with E-state index in [-0.39, 0.29) is 0 Å². The first kappa shape index (κ1) is 16.1. The van der Waals surface area contributed by atoms with Crippen molar-refractivity contribution >= 4 is 34.4 Å². The third-order valence-electron chi connectivity index (χ3n) is 3.53. The second kappa shape index (κ2) is 7.19. The molecule has 0 aliphatic heterocycles. The average molecular weight is 342 g/mol. The van der Waals surface area contributed by atoms with Crippen LogP contribution in [-0.4, -0.2) is 25.4 Å². The van der Waals surface area contributed by atoms with E-state index in [9.17, 15) is 0 Å². The largest absolute Gasteiger partial charge is 0.493 e. The topological polar surface area (TPSA) is 55.7 Å². The van der Waals surface area contributed by atoms with Crippen LogP contribution in [0.4, 0.5) is 5.69 Å². The number of methoxy groups -OCH3 is 2. The number of aromatic nitrogens is 1. The van der Waals surface area contributed by atoms with Gasteiger partial charge in [-0.1, -0.05) is 17.7 Å². The molecule has 3 aromatic rings. The molecule has 2 aromatic carbocycles. The van der Waals surface area contributed by atoms with Gasteiger partial charge in [0.25, 0.3) is 0 Å². The van der Waals surface area contributed by atoms with Gasteiger partial charge in [0, 0.05) is 22.2 Å². The van der Waals surface area contributed by atoms with Crippen molar-refractivity contribution < 1.29 is 9.47 Å². The summed E-state index contributed by atoms with van der Waals surface area (Å²) in [6, 6.07) is 13.0. The molecule has 1 aromatic heterocycles. The predicted molar refractivity (Wildman–Crippen MR) is 97.5 cm³/mol. The first-order valence-electron chi connectivity index (χ1n) is 7.27. The molecule has 0 amide bonds. The molecule has 0 aliphatic rings. The van der Waals surface area contributed by atoms with E-state index in [1.807, 2.05) is 42.5 Å². The number of fused-ring (bicyclic) bond motifs is 1. The van der Waals surface area contributed by atoms with Crippen molar-refractivity contribution in [1.29, 1.82) is 0 Å². The lowest BCUT2D eigenvalue weighted by molar-refractivity contribution is 0.354. The zero-order valence-corrected chi connectivity index (χ0v) is 14.0. The van der Waals surface area contributed by atoms with Gasteiger partial charge in [-0.2, -0.15) is 5.10 Å². The van der Waals surface area contributed by atoms with Gasteiger partial charge in [0.05, 0.1) is 31.6 Å². The fourth-order valence-electron chi connectivity index (χ4n) is 2.40. The van der Waals surface area contributed by atoms with E-state index in [0.717, 1.165) is 22.2 Å². The monoisotopic (exact) mass is 341 g/mol. The Balaban J connectivity index is 1.88. The molecule has 6 heteroatoms. The normalized spacial score (nSPS) is 11.0. The summed E-state index contributed by atoms with van der Waals surface area (Å²) in [7, 11) is 3.20. The number of rotatable bonds is 5. The third kappa shape index (κ3) is 3.26. The van der Waals surface area contributed by atoms with Crippen molar-refractivity contribution in [3.05, 3.63) is 59.2 Å². The minimum absolute atomic E-state index is 0.636. The van der Waals surface area contributed by atoms with E-state index in [1.165, 1.54) is 0 Å². The van der Waals surface area contributed by atoms with Crippen molar-refractivity contribution in [2.24, 2.45) is 5.10 Å². The van der Waals surface area contributed by atoms with Gasteiger partial charge in [-0.3, -0.25) is 10.4 Å². The quantitative estimate of drug-likeness (QED) is 0.553. The van der Waals surface area contributed by atoms with Gasteiger partial charge in [-0.25, -0.2) is 0 Å². The molecule has 0 spiro atoms. The summed E-state index contributed by atoms with van der Waals surface area (Å²) < 4.78 is 10.7. The van der Waals surface area contributed by atoms with E-state index in [4.69, 9.17) is 21.1 Å². The Kier molecular flexibility index (Phi) is 4.82. The Morgan fingerprint density at radius 1 is 1.12 bits per heavy atom. The molecule has 0 saturated heterocycles. The second-order valence-corrected chi connectivity index (χ2v) is 5.41. The molecule has 24 heavy (non-hydrogen) atoms. The highest BCUT2D eigenvalue weighted by molar-refractivity contribution is 6.31. The van der Waals surface area contributed by atoms with Crippen LogP contribution in [0.1, 0.15) is 5.56 Å². The molecule has 0 fully saturated rings. The van der Waals surface area contributed by atoms with Gasteiger partial charge in [0.2, 0.25) is 0 Å². The number of halogens is 1. The molecule has 0 aliphatic carbocycles. The standard InChI is InChI=1S/C18H16ClN3O2/c1-23-17-5-3-4-12(18(17)24-2)11-21-22-15-8-9-20-16-10-13(19)6-7-14(15)16/h3-11H,1-2H3,(H,20,22). The van der Waals surface area contributed by atoms with Crippen LogP contribution in [0, 0.1) is 0 Å². The predicted octanol–water partition coefficient (Wildman–Crippen LogP) is 4.35. The van der Waals surface area contributed by atoms with Crippen molar-refractivity contribution in [2.45, 2.75) is 0 Å². The lowest BCUT2D eigenvalue weighted by Gasteiger charge is -2.09. The zero-order valence-electron chi connectivity index (χ0n) is 13.3. The Hall–Kier alpha value is -2.79. The summed E-state index contributed by atoms with van der Waals surface area (Å²) >= 11 is 6.00. The smallest absolute Gasteiger partial charge is 0.169 e. The van der Waals surface area contributed by atoms with Crippen LogP contribution >= 0.6 is 11.6 Å². The van der Waals surface area contributed by atoms with Gasteiger partial charge >= 0.3 is 0 Å². The lowest BCUT2D eigenvalue weighted by Crippen LogP contribution is -1.97. The van der Waals surface area contributed by atoms with E-state index in [1.54, 1.807) is 26.6 Å². The highest BCUT2D eigenvalue weighted by atomic mass is 35.5. The van der Waals surface area contributed by atoms with Crippen molar-refractivity contribution in [2.75, 3.05) is 19.6 Å². The van der Waals surface area contributed by atoms with Crippen molar-refractivity contribution in [3.63, 3.8) is 0 Å². The number of nitrogens with one attached hydrogen (secondary N) is 1. The fourth-order valence-corrected chi connectivity index (χ4v) is 2.57. The van der Waals surface area contributed by atoms with Crippen LogP contribution in [-0.2, 0) is 0 Å². The second-order valence-electron chi connectivity index (χ2n) is 4.97. The molecule has 1 heterocycles. The molecule has 1 N–H and O–H groups in total. The van der Waals surface area contributed by atoms with Gasteiger partial charge in [-0.05, 0) is 36.4 Å².